The van der Waals surface area contributed by atoms with Crippen molar-refractivity contribution in [3.8, 4) is 28.4 Å². The first-order chi connectivity index (χ1) is 17.9. The van der Waals surface area contributed by atoms with Gasteiger partial charge in [-0.15, -0.1) is 0 Å². The number of ether oxygens (including phenoxy) is 4. The number of carboxylic acids is 1. The first kappa shape index (κ1) is 25.2. The van der Waals surface area contributed by atoms with E-state index in [9.17, 15) is 4.79 Å². The van der Waals surface area contributed by atoms with E-state index in [2.05, 4.69) is 44.2 Å². The van der Waals surface area contributed by atoms with Crippen LogP contribution in [0.3, 0.4) is 0 Å². The summed E-state index contributed by atoms with van der Waals surface area (Å²) in [5.41, 5.74) is 8.39. The number of aliphatic carboxylic acids is 1. The minimum absolute atomic E-state index is 0.0361. The van der Waals surface area contributed by atoms with E-state index >= 15 is 0 Å². The van der Waals surface area contributed by atoms with Crippen molar-refractivity contribution in [2.24, 2.45) is 0 Å². The van der Waals surface area contributed by atoms with Gasteiger partial charge in [0, 0.05) is 24.2 Å². The summed E-state index contributed by atoms with van der Waals surface area (Å²) in [6.45, 7) is 8.48. The Kier molecular flexibility index (Phi) is 7.38. The van der Waals surface area contributed by atoms with E-state index in [0.717, 1.165) is 35.7 Å². The molecule has 37 heavy (non-hydrogen) atoms. The Morgan fingerprint density at radius 3 is 2.59 bits per heavy atom. The molecule has 0 amide bonds. The number of hydrogen-bond acceptors (Lipinski definition) is 5. The topological polar surface area (TPSA) is 74.2 Å². The van der Waals surface area contributed by atoms with Crippen molar-refractivity contribution in [2.45, 2.75) is 52.1 Å². The second-order valence-electron chi connectivity index (χ2n) is 9.80. The minimum atomic E-state index is -0.811. The maximum atomic E-state index is 11.1. The van der Waals surface area contributed by atoms with Crippen LogP contribution in [0.2, 0.25) is 0 Å². The lowest BCUT2D eigenvalue weighted by molar-refractivity contribution is -0.137. The van der Waals surface area contributed by atoms with E-state index in [1.54, 1.807) is 0 Å². The molecule has 1 aliphatic carbocycles. The quantitative estimate of drug-likeness (QED) is 0.323. The molecule has 2 unspecified atom stereocenters. The highest BCUT2D eigenvalue weighted by molar-refractivity contribution is 5.76. The third kappa shape index (κ3) is 5.30. The highest BCUT2D eigenvalue weighted by Crippen LogP contribution is 2.44. The van der Waals surface area contributed by atoms with Crippen LogP contribution >= 0.6 is 0 Å². The normalized spacial score (nSPS) is 17.7. The average Bonchev–Trinajstić information content (AvgIpc) is 3.45. The molecule has 194 valence electrons. The smallest absolute Gasteiger partial charge is 0.304 e. The fraction of sp³-hybridized carbons (Fsp3) is 0.387. The van der Waals surface area contributed by atoms with E-state index in [1.807, 2.05) is 25.1 Å². The number of aryl methyl sites for hydroxylation is 2. The van der Waals surface area contributed by atoms with Crippen LogP contribution in [0.4, 0.5) is 0 Å². The zero-order valence-corrected chi connectivity index (χ0v) is 21.7. The molecule has 0 saturated carbocycles. The second-order valence-corrected chi connectivity index (χ2v) is 9.80. The fourth-order valence-electron chi connectivity index (χ4n) is 5.64. The molecule has 0 fully saturated rings. The van der Waals surface area contributed by atoms with Gasteiger partial charge in [0.05, 0.1) is 19.6 Å². The van der Waals surface area contributed by atoms with Crippen molar-refractivity contribution in [3.05, 3.63) is 76.3 Å². The zero-order chi connectivity index (χ0) is 25.9. The molecule has 0 saturated heterocycles. The summed E-state index contributed by atoms with van der Waals surface area (Å²) in [5, 5.41) is 9.15. The molecule has 1 heterocycles. The molecule has 0 bridgehead atoms. The van der Waals surface area contributed by atoms with Gasteiger partial charge in [0.25, 0.3) is 0 Å². The van der Waals surface area contributed by atoms with E-state index in [4.69, 9.17) is 24.1 Å². The second kappa shape index (κ2) is 10.9. The first-order valence-electron chi connectivity index (χ1n) is 13.0. The van der Waals surface area contributed by atoms with Gasteiger partial charge < -0.3 is 24.1 Å². The number of rotatable bonds is 10. The number of benzene rings is 3. The predicted octanol–water partition coefficient (Wildman–Crippen LogP) is 6.40. The Morgan fingerprint density at radius 2 is 1.84 bits per heavy atom. The average molecular weight is 503 g/mol. The summed E-state index contributed by atoms with van der Waals surface area (Å²) in [4.78, 5) is 11.1. The van der Waals surface area contributed by atoms with Crippen LogP contribution in [0.1, 0.15) is 59.6 Å². The van der Waals surface area contributed by atoms with Gasteiger partial charge in [-0.1, -0.05) is 24.3 Å². The maximum absolute atomic E-state index is 11.1. The van der Waals surface area contributed by atoms with Crippen molar-refractivity contribution in [2.75, 3.05) is 26.4 Å². The summed E-state index contributed by atoms with van der Waals surface area (Å²) >= 11 is 0. The van der Waals surface area contributed by atoms with Crippen LogP contribution in [0.5, 0.6) is 17.2 Å². The molecule has 3 aromatic rings. The van der Waals surface area contributed by atoms with E-state index in [1.165, 1.54) is 33.4 Å². The van der Waals surface area contributed by atoms with Crippen molar-refractivity contribution in [1.82, 2.24) is 0 Å². The molecule has 2 aliphatic rings. The summed E-state index contributed by atoms with van der Waals surface area (Å²) < 4.78 is 23.5. The van der Waals surface area contributed by atoms with Crippen LogP contribution in [0.25, 0.3) is 11.1 Å². The van der Waals surface area contributed by atoms with Crippen molar-refractivity contribution in [1.29, 1.82) is 0 Å². The SMILES string of the molecule is CCOCCOc1cc(C)c(-c2cccc3c2CCC3Oc2ccc3c(c2)OCC3CC(=O)O)c(C)c1. The van der Waals surface area contributed by atoms with Crippen molar-refractivity contribution >= 4 is 5.97 Å². The van der Waals surface area contributed by atoms with Gasteiger partial charge in [0.15, 0.2) is 0 Å². The molecule has 0 radical (unpaired) electrons. The minimum Gasteiger partial charge on any atom is -0.492 e. The van der Waals surface area contributed by atoms with Gasteiger partial charge in [-0.25, -0.2) is 0 Å². The lowest BCUT2D eigenvalue weighted by Crippen LogP contribution is -2.07. The van der Waals surface area contributed by atoms with Crippen LogP contribution in [0, 0.1) is 13.8 Å². The Balaban J connectivity index is 1.35. The van der Waals surface area contributed by atoms with Gasteiger partial charge >= 0.3 is 5.97 Å². The molecule has 1 N–H and O–H groups in total. The molecule has 6 heteroatoms. The summed E-state index contributed by atoms with van der Waals surface area (Å²) in [6, 6.07) is 16.5. The molecule has 6 nitrogen and oxygen atoms in total. The molecule has 0 aromatic heterocycles. The lowest BCUT2D eigenvalue weighted by Gasteiger charge is -2.18. The zero-order valence-electron chi connectivity index (χ0n) is 21.7. The van der Waals surface area contributed by atoms with Crippen LogP contribution in [-0.2, 0) is 16.0 Å². The summed E-state index contributed by atoms with van der Waals surface area (Å²) in [7, 11) is 0. The molecular weight excluding hydrogens is 468 g/mol. The van der Waals surface area contributed by atoms with E-state index in [-0.39, 0.29) is 18.4 Å². The number of carbonyl (C=O) groups is 1. The van der Waals surface area contributed by atoms with Crippen LogP contribution in [-0.4, -0.2) is 37.5 Å². The fourth-order valence-corrected chi connectivity index (χ4v) is 5.64. The summed E-state index contributed by atoms with van der Waals surface area (Å²) in [5.74, 6) is 1.43. The highest BCUT2D eigenvalue weighted by Gasteiger charge is 2.30. The Hall–Kier alpha value is -3.51. The van der Waals surface area contributed by atoms with Crippen LogP contribution in [0.15, 0.2) is 48.5 Å². The van der Waals surface area contributed by atoms with Crippen LogP contribution < -0.4 is 14.2 Å². The Bertz CT molecular complexity index is 1270. The van der Waals surface area contributed by atoms with Gasteiger partial charge in [0.2, 0.25) is 0 Å². The molecule has 2 atom stereocenters. The number of fused-ring (bicyclic) bond motifs is 2. The van der Waals surface area contributed by atoms with Gasteiger partial charge in [-0.3, -0.25) is 4.79 Å². The highest BCUT2D eigenvalue weighted by atomic mass is 16.5. The third-order valence-corrected chi connectivity index (χ3v) is 7.26. The van der Waals surface area contributed by atoms with Crippen molar-refractivity contribution < 1.29 is 28.8 Å². The van der Waals surface area contributed by atoms with Crippen molar-refractivity contribution in [3.63, 3.8) is 0 Å². The lowest BCUT2D eigenvalue weighted by atomic mass is 9.90. The summed E-state index contributed by atoms with van der Waals surface area (Å²) in [6.07, 6.45) is 1.89. The maximum Gasteiger partial charge on any atom is 0.304 e. The molecule has 5 rings (SSSR count). The first-order valence-corrected chi connectivity index (χ1v) is 13.0. The largest absolute Gasteiger partial charge is 0.492 e. The molecule has 0 spiro atoms. The van der Waals surface area contributed by atoms with Gasteiger partial charge in [-0.05, 0) is 85.2 Å². The van der Waals surface area contributed by atoms with E-state index in [0.29, 0.717) is 26.4 Å². The Morgan fingerprint density at radius 1 is 1.03 bits per heavy atom. The van der Waals surface area contributed by atoms with Gasteiger partial charge in [0.1, 0.15) is 30.0 Å². The number of carboxylic acid groups (broad SMARTS) is 1. The Labute approximate surface area is 218 Å². The van der Waals surface area contributed by atoms with Gasteiger partial charge in [-0.2, -0.15) is 0 Å². The molecule has 3 aromatic carbocycles. The standard InChI is InChI=1S/C31H34O6/c1-4-34-12-13-35-23-14-19(2)31(20(3)15-23)27-7-5-6-26-25(27)10-11-28(26)37-22-8-9-24-21(16-30(32)33)18-36-29(24)17-22/h5-9,14-15,17,21,28H,4,10-13,16,18H2,1-3H3,(H,32,33). The number of hydrogen-bond donors (Lipinski definition) is 1. The molecular formula is C31H34O6. The van der Waals surface area contributed by atoms with E-state index < -0.39 is 5.97 Å². The molecule has 1 aliphatic heterocycles. The third-order valence-electron chi connectivity index (χ3n) is 7.26. The monoisotopic (exact) mass is 502 g/mol. The predicted molar refractivity (Wildman–Crippen MR) is 142 cm³/mol.